The molecule has 0 aromatic carbocycles. The molecule has 1 unspecified atom stereocenters. The Morgan fingerprint density at radius 1 is 1.21 bits per heavy atom. The van der Waals surface area contributed by atoms with Crippen LogP contribution < -0.4 is 10.6 Å². The van der Waals surface area contributed by atoms with Crippen LogP contribution in [-0.4, -0.2) is 24.5 Å². The number of carbonyl (C=O) groups excluding carboxylic acids is 1. The zero-order chi connectivity index (χ0) is 12.8. The molecule has 1 aliphatic carbocycles. The van der Waals surface area contributed by atoms with Gasteiger partial charge in [0.1, 0.15) is 0 Å². The Morgan fingerprint density at radius 2 is 1.95 bits per heavy atom. The smallest absolute Gasteiger partial charge is 0.220 e. The van der Waals surface area contributed by atoms with E-state index in [0.717, 1.165) is 18.9 Å². The average Bonchev–Trinajstić information content (AvgIpc) is 2.90. The largest absolute Gasteiger partial charge is 0.353 e. The van der Waals surface area contributed by atoms with E-state index in [4.69, 9.17) is 0 Å². The zero-order valence-corrected chi connectivity index (χ0v) is 12.9. The molecule has 2 fully saturated rings. The Morgan fingerprint density at radius 3 is 2.53 bits per heavy atom. The van der Waals surface area contributed by atoms with Crippen LogP contribution in [0.25, 0.3) is 0 Å². The van der Waals surface area contributed by atoms with Gasteiger partial charge in [-0.05, 0) is 57.4 Å². The van der Waals surface area contributed by atoms with Crippen molar-refractivity contribution in [3.05, 3.63) is 0 Å². The molecule has 0 aromatic heterocycles. The number of halogens is 1. The van der Waals surface area contributed by atoms with Crippen molar-refractivity contribution in [3.63, 3.8) is 0 Å². The van der Waals surface area contributed by atoms with Crippen molar-refractivity contribution >= 4 is 18.3 Å². The van der Waals surface area contributed by atoms with Crippen LogP contribution in [0.15, 0.2) is 0 Å². The molecule has 2 aliphatic rings. The van der Waals surface area contributed by atoms with Gasteiger partial charge in [0.2, 0.25) is 5.91 Å². The van der Waals surface area contributed by atoms with Gasteiger partial charge in [-0.1, -0.05) is 13.3 Å². The van der Waals surface area contributed by atoms with Crippen molar-refractivity contribution in [2.45, 2.75) is 76.8 Å². The molecule has 2 N–H and O–H groups in total. The Bertz CT molecular complexity index is 259. The molecule has 1 atom stereocenters. The summed E-state index contributed by atoms with van der Waals surface area (Å²) in [4.78, 5) is 11.9. The SMILES string of the molecule is CCC1CCC(NC(=O)CCC2CCCN2)CC1.Cl. The van der Waals surface area contributed by atoms with Crippen LogP contribution in [0.5, 0.6) is 0 Å². The standard InChI is InChI=1S/C15H28N2O.ClH/c1-2-12-5-7-14(8-6-12)17-15(18)10-9-13-4-3-11-16-13;/h12-14,16H,2-11H2,1H3,(H,17,18);1H. The van der Waals surface area contributed by atoms with Crippen molar-refractivity contribution in [2.75, 3.05) is 6.54 Å². The summed E-state index contributed by atoms with van der Waals surface area (Å²) in [7, 11) is 0. The second kappa shape index (κ2) is 8.80. The molecule has 1 heterocycles. The van der Waals surface area contributed by atoms with Crippen molar-refractivity contribution < 1.29 is 4.79 Å². The number of carbonyl (C=O) groups is 1. The third-order valence-electron chi connectivity index (χ3n) is 4.67. The van der Waals surface area contributed by atoms with Gasteiger partial charge in [-0.15, -0.1) is 12.4 Å². The molecule has 4 heteroatoms. The number of rotatable bonds is 5. The maximum Gasteiger partial charge on any atom is 0.220 e. The predicted octanol–water partition coefficient (Wildman–Crippen LogP) is 3.03. The summed E-state index contributed by atoms with van der Waals surface area (Å²) in [5, 5.41) is 6.67. The van der Waals surface area contributed by atoms with E-state index < -0.39 is 0 Å². The third-order valence-corrected chi connectivity index (χ3v) is 4.67. The number of amides is 1. The number of nitrogens with one attached hydrogen (secondary N) is 2. The maximum absolute atomic E-state index is 11.9. The van der Waals surface area contributed by atoms with Gasteiger partial charge in [0, 0.05) is 18.5 Å². The molecule has 112 valence electrons. The Balaban J connectivity index is 0.00000180. The van der Waals surface area contributed by atoms with Crippen molar-refractivity contribution in [1.82, 2.24) is 10.6 Å². The van der Waals surface area contributed by atoms with Gasteiger partial charge in [-0.2, -0.15) is 0 Å². The van der Waals surface area contributed by atoms with Crippen LogP contribution in [0.1, 0.15) is 64.7 Å². The molecule has 1 amide bonds. The van der Waals surface area contributed by atoms with E-state index in [1.165, 1.54) is 44.9 Å². The quantitative estimate of drug-likeness (QED) is 0.816. The fraction of sp³-hybridized carbons (Fsp3) is 0.933. The van der Waals surface area contributed by atoms with Crippen LogP contribution in [0.3, 0.4) is 0 Å². The van der Waals surface area contributed by atoms with Crippen molar-refractivity contribution in [1.29, 1.82) is 0 Å². The van der Waals surface area contributed by atoms with Gasteiger partial charge >= 0.3 is 0 Å². The molecule has 0 radical (unpaired) electrons. The first-order valence-electron chi connectivity index (χ1n) is 7.80. The van der Waals surface area contributed by atoms with Gasteiger partial charge in [0.05, 0.1) is 0 Å². The Kier molecular flexibility index (Phi) is 7.77. The molecule has 2 rings (SSSR count). The molecular weight excluding hydrogens is 260 g/mol. The molecule has 0 spiro atoms. The first-order chi connectivity index (χ1) is 8.78. The Hall–Kier alpha value is -0.280. The first kappa shape index (κ1) is 16.8. The van der Waals surface area contributed by atoms with Crippen LogP contribution in [0.2, 0.25) is 0 Å². The average molecular weight is 289 g/mol. The second-order valence-electron chi connectivity index (χ2n) is 6.03. The topological polar surface area (TPSA) is 41.1 Å². The lowest BCUT2D eigenvalue weighted by molar-refractivity contribution is -0.122. The van der Waals surface area contributed by atoms with E-state index in [-0.39, 0.29) is 18.3 Å². The third kappa shape index (κ3) is 5.70. The number of hydrogen-bond acceptors (Lipinski definition) is 2. The van der Waals surface area contributed by atoms with E-state index in [1.807, 2.05) is 0 Å². The summed E-state index contributed by atoms with van der Waals surface area (Å²) in [5.74, 6) is 1.17. The van der Waals surface area contributed by atoms with Gasteiger partial charge in [-0.3, -0.25) is 4.79 Å². The highest BCUT2D eigenvalue weighted by Gasteiger charge is 2.22. The second-order valence-corrected chi connectivity index (χ2v) is 6.03. The molecule has 19 heavy (non-hydrogen) atoms. The predicted molar refractivity (Wildman–Crippen MR) is 81.7 cm³/mol. The van der Waals surface area contributed by atoms with E-state index >= 15 is 0 Å². The first-order valence-corrected chi connectivity index (χ1v) is 7.80. The van der Waals surface area contributed by atoms with Gasteiger partial charge in [0.15, 0.2) is 0 Å². The zero-order valence-electron chi connectivity index (χ0n) is 12.1. The van der Waals surface area contributed by atoms with Crippen molar-refractivity contribution in [2.24, 2.45) is 5.92 Å². The van der Waals surface area contributed by atoms with Crippen LogP contribution in [0.4, 0.5) is 0 Å². The molecule has 1 saturated carbocycles. The molecule has 1 aliphatic heterocycles. The fourth-order valence-electron chi connectivity index (χ4n) is 3.32. The number of hydrogen-bond donors (Lipinski definition) is 2. The maximum atomic E-state index is 11.9. The highest BCUT2D eigenvalue weighted by Crippen LogP contribution is 2.26. The van der Waals surface area contributed by atoms with E-state index in [0.29, 0.717) is 18.5 Å². The molecule has 0 aromatic rings. The molecule has 1 saturated heterocycles. The summed E-state index contributed by atoms with van der Waals surface area (Å²) < 4.78 is 0. The lowest BCUT2D eigenvalue weighted by atomic mass is 9.84. The van der Waals surface area contributed by atoms with Crippen LogP contribution in [-0.2, 0) is 4.79 Å². The monoisotopic (exact) mass is 288 g/mol. The molecular formula is C15H29ClN2O. The van der Waals surface area contributed by atoms with Gasteiger partial charge in [-0.25, -0.2) is 0 Å². The normalized spacial score (nSPS) is 30.7. The minimum Gasteiger partial charge on any atom is -0.353 e. The molecule has 0 bridgehead atoms. The minimum absolute atomic E-state index is 0. The van der Waals surface area contributed by atoms with E-state index in [9.17, 15) is 4.79 Å². The molecule has 3 nitrogen and oxygen atoms in total. The highest BCUT2D eigenvalue weighted by atomic mass is 35.5. The summed E-state index contributed by atoms with van der Waals surface area (Å²) in [6.07, 6.45) is 10.5. The highest BCUT2D eigenvalue weighted by molar-refractivity contribution is 5.85. The van der Waals surface area contributed by atoms with Crippen LogP contribution in [0, 0.1) is 5.92 Å². The van der Waals surface area contributed by atoms with Crippen LogP contribution >= 0.6 is 12.4 Å². The van der Waals surface area contributed by atoms with E-state index in [2.05, 4.69) is 17.6 Å². The summed E-state index contributed by atoms with van der Waals surface area (Å²) in [5.41, 5.74) is 0. The minimum atomic E-state index is 0. The van der Waals surface area contributed by atoms with Gasteiger partial charge in [0.25, 0.3) is 0 Å². The lowest BCUT2D eigenvalue weighted by Crippen LogP contribution is -2.38. The fourth-order valence-corrected chi connectivity index (χ4v) is 3.32. The summed E-state index contributed by atoms with van der Waals surface area (Å²) >= 11 is 0. The Labute approximate surface area is 123 Å². The van der Waals surface area contributed by atoms with Crippen molar-refractivity contribution in [3.8, 4) is 0 Å². The van der Waals surface area contributed by atoms with Gasteiger partial charge < -0.3 is 10.6 Å². The van der Waals surface area contributed by atoms with E-state index in [1.54, 1.807) is 0 Å². The summed E-state index contributed by atoms with van der Waals surface area (Å²) in [6.45, 7) is 3.41. The lowest BCUT2D eigenvalue weighted by Gasteiger charge is -2.28. The summed E-state index contributed by atoms with van der Waals surface area (Å²) in [6, 6.07) is 1.04.